The Bertz CT molecular complexity index is 963. The monoisotopic (exact) mass is 418 g/mol. The fourth-order valence-electron chi connectivity index (χ4n) is 4.07. The van der Waals surface area contributed by atoms with Gasteiger partial charge in [-0.1, -0.05) is 66.7 Å². The third-order valence-electron chi connectivity index (χ3n) is 5.91. The molecule has 1 N–H and O–H groups in total. The highest BCUT2D eigenvalue weighted by Gasteiger charge is 2.23. The SMILES string of the molecule is CCc1ccc(-c2noc(CCC(=O)NC[C@H](c3ccccc3)N3CCCC3)n2)cc1. The van der Waals surface area contributed by atoms with Crippen LogP contribution in [-0.2, 0) is 17.6 Å². The second kappa shape index (κ2) is 10.4. The average Bonchev–Trinajstić information content (AvgIpc) is 3.51. The molecule has 162 valence electrons. The molecule has 1 saturated heterocycles. The molecule has 0 bridgehead atoms. The maximum atomic E-state index is 12.5. The van der Waals surface area contributed by atoms with Crippen molar-refractivity contribution < 1.29 is 9.32 Å². The predicted molar refractivity (Wildman–Crippen MR) is 120 cm³/mol. The van der Waals surface area contributed by atoms with Crippen LogP contribution in [0.3, 0.4) is 0 Å². The van der Waals surface area contributed by atoms with Gasteiger partial charge in [-0.15, -0.1) is 0 Å². The van der Waals surface area contributed by atoms with E-state index < -0.39 is 0 Å². The van der Waals surface area contributed by atoms with E-state index in [4.69, 9.17) is 4.52 Å². The molecule has 0 radical (unpaired) electrons. The molecule has 6 heteroatoms. The number of nitrogens with zero attached hydrogens (tertiary/aromatic N) is 3. The normalized spacial score (nSPS) is 15.1. The Morgan fingerprint density at radius 1 is 1.10 bits per heavy atom. The van der Waals surface area contributed by atoms with Crippen molar-refractivity contribution in [3.8, 4) is 11.4 Å². The number of hydrogen-bond donors (Lipinski definition) is 1. The molecule has 0 spiro atoms. The van der Waals surface area contributed by atoms with E-state index >= 15 is 0 Å². The highest BCUT2D eigenvalue weighted by atomic mass is 16.5. The second-order valence-electron chi connectivity index (χ2n) is 8.04. The number of aryl methyl sites for hydroxylation is 2. The van der Waals surface area contributed by atoms with Gasteiger partial charge in [0.2, 0.25) is 17.6 Å². The summed E-state index contributed by atoms with van der Waals surface area (Å²) in [6, 6.07) is 18.8. The summed E-state index contributed by atoms with van der Waals surface area (Å²) < 4.78 is 5.35. The molecule has 1 aliphatic rings. The van der Waals surface area contributed by atoms with E-state index in [0.717, 1.165) is 25.1 Å². The van der Waals surface area contributed by atoms with Crippen LogP contribution in [-0.4, -0.2) is 40.6 Å². The molecule has 4 rings (SSSR count). The molecule has 0 aliphatic carbocycles. The van der Waals surface area contributed by atoms with E-state index in [1.165, 1.54) is 24.0 Å². The number of nitrogens with one attached hydrogen (secondary N) is 1. The minimum Gasteiger partial charge on any atom is -0.354 e. The molecule has 6 nitrogen and oxygen atoms in total. The summed E-state index contributed by atoms with van der Waals surface area (Å²) in [5, 5.41) is 7.17. The van der Waals surface area contributed by atoms with Gasteiger partial charge in [-0.05, 0) is 43.5 Å². The molecular formula is C25H30N4O2. The standard InChI is InChI=1S/C25H30N4O2/c1-2-19-10-12-21(13-11-19)25-27-24(31-28-25)15-14-23(30)26-18-22(29-16-6-7-17-29)20-8-4-3-5-9-20/h3-5,8-13,22H,2,6-7,14-18H2,1H3,(H,26,30)/t22-/m1/s1. The maximum Gasteiger partial charge on any atom is 0.227 e. The zero-order valence-electron chi connectivity index (χ0n) is 18.1. The van der Waals surface area contributed by atoms with Crippen molar-refractivity contribution in [2.24, 2.45) is 0 Å². The lowest BCUT2D eigenvalue weighted by molar-refractivity contribution is -0.121. The molecule has 31 heavy (non-hydrogen) atoms. The summed E-state index contributed by atoms with van der Waals surface area (Å²) in [6.07, 6.45) is 4.20. The fraction of sp³-hybridized carbons (Fsp3) is 0.400. The summed E-state index contributed by atoms with van der Waals surface area (Å²) in [4.78, 5) is 19.4. The van der Waals surface area contributed by atoms with Crippen LogP contribution in [0.2, 0.25) is 0 Å². The zero-order chi connectivity index (χ0) is 21.5. The average molecular weight is 419 g/mol. The summed E-state index contributed by atoms with van der Waals surface area (Å²) in [5.41, 5.74) is 3.44. The van der Waals surface area contributed by atoms with E-state index in [-0.39, 0.29) is 11.9 Å². The van der Waals surface area contributed by atoms with Crippen LogP contribution in [0.25, 0.3) is 11.4 Å². The van der Waals surface area contributed by atoms with Crippen LogP contribution in [0.4, 0.5) is 0 Å². The Hall–Kier alpha value is -2.99. The van der Waals surface area contributed by atoms with Gasteiger partial charge in [-0.2, -0.15) is 4.98 Å². The van der Waals surface area contributed by atoms with Gasteiger partial charge in [0.15, 0.2) is 0 Å². The van der Waals surface area contributed by atoms with E-state index in [1.54, 1.807) is 0 Å². The maximum absolute atomic E-state index is 12.5. The van der Waals surface area contributed by atoms with Crippen molar-refractivity contribution in [3.63, 3.8) is 0 Å². The fourth-order valence-corrected chi connectivity index (χ4v) is 4.07. The van der Waals surface area contributed by atoms with Gasteiger partial charge >= 0.3 is 0 Å². The molecular weight excluding hydrogens is 388 g/mol. The number of carbonyl (C=O) groups excluding carboxylic acids is 1. The Kier molecular flexibility index (Phi) is 7.10. The number of benzene rings is 2. The largest absolute Gasteiger partial charge is 0.354 e. The molecule has 0 saturated carbocycles. The minimum atomic E-state index is 0.00665. The molecule has 1 fully saturated rings. The van der Waals surface area contributed by atoms with Crippen LogP contribution in [0, 0.1) is 0 Å². The van der Waals surface area contributed by atoms with Crippen molar-refractivity contribution in [3.05, 3.63) is 71.6 Å². The summed E-state index contributed by atoms with van der Waals surface area (Å²) in [5.74, 6) is 1.06. The van der Waals surface area contributed by atoms with Gasteiger partial charge in [0.1, 0.15) is 0 Å². The molecule has 1 atom stereocenters. The lowest BCUT2D eigenvalue weighted by atomic mass is 10.1. The second-order valence-corrected chi connectivity index (χ2v) is 8.04. The predicted octanol–water partition coefficient (Wildman–Crippen LogP) is 4.18. The number of likely N-dealkylation sites (tertiary alicyclic amines) is 1. The van der Waals surface area contributed by atoms with E-state index in [2.05, 4.69) is 63.7 Å². The van der Waals surface area contributed by atoms with Crippen molar-refractivity contribution in [2.45, 2.75) is 45.1 Å². The van der Waals surface area contributed by atoms with Gasteiger partial charge < -0.3 is 9.84 Å². The smallest absolute Gasteiger partial charge is 0.227 e. The highest BCUT2D eigenvalue weighted by molar-refractivity contribution is 5.76. The molecule has 1 amide bonds. The Labute approximate surface area is 183 Å². The minimum absolute atomic E-state index is 0.00665. The van der Waals surface area contributed by atoms with Crippen LogP contribution in [0.5, 0.6) is 0 Å². The first-order chi connectivity index (χ1) is 15.2. The van der Waals surface area contributed by atoms with Crippen molar-refractivity contribution >= 4 is 5.91 Å². The van der Waals surface area contributed by atoms with Gasteiger partial charge in [0, 0.05) is 24.9 Å². The number of hydrogen-bond acceptors (Lipinski definition) is 5. The van der Waals surface area contributed by atoms with Crippen molar-refractivity contribution in [2.75, 3.05) is 19.6 Å². The lowest BCUT2D eigenvalue weighted by Crippen LogP contribution is -2.36. The van der Waals surface area contributed by atoms with Crippen LogP contribution < -0.4 is 5.32 Å². The van der Waals surface area contributed by atoms with E-state index in [1.807, 2.05) is 18.2 Å². The van der Waals surface area contributed by atoms with E-state index in [9.17, 15) is 4.79 Å². The first kappa shape index (κ1) is 21.2. The number of aromatic nitrogens is 2. The summed E-state index contributed by atoms with van der Waals surface area (Å²) in [6.45, 7) is 4.90. The third kappa shape index (κ3) is 5.58. The van der Waals surface area contributed by atoms with Gasteiger partial charge in [-0.3, -0.25) is 9.69 Å². The van der Waals surface area contributed by atoms with Crippen molar-refractivity contribution in [1.29, 1.82) is 0 Å². The number of amides is 1. The molecule has 2 aromatic carbocycles. The molecule has 0 unspecified atom stereocenters. The van der Waals surface area contributed by atoms with Crippen LogP contribution in [0.1, 0.15) is 49.2 Å². The van der Waals surface area contributed by atoms with Gasteiger partial charge in [0.25, 0.3) is 0 Å². The third-order valence-corrected chi connectivity index (χ3v) is 5.91. The van der Waals surface area contributed by atoms with E-state index in [0.29, 0.717) is 31.1 Å². The Morgan fingerprint density at radius 3 is 2.55 bits per heavy atom. The Morgan fingerprint density at radius 2 is 1.84 bits per heavy atom. The van der Waals surface area contributed by atoms with Crippen LogP contribution >= 0.6 is 0 Å². The summed E-state index contributed by atoms with van der Waals surface area (Å²) >= 11 is 0. The van der Waals surface area contributed by atoms with Crippen molar-refractivity contribution in [1.82, 2.24) is 20.4 Å². The van der Waals surface area contributed by atoms with Crippen LogP contribution in [0.15, 0.2) is 59.1 Å². The van der Waals surface area contributed by atoms with Gasteiger partial charge in [0.05, 0.1) is 6.04 Å². The zero-order valence-corrected chi connectivity index (χ0v) is 18.1. The molecule has 2 heterocycles. The number of rotatable bonds is 9. The van der Waals surface area contributed by atoms with Gasteiger partial charge in [-0.25, -0.2) is 0 Å². The molecule has 1 aliphatic heterocycles. The lowest BCUT2D eigenvalue weighted by Gasteiger charge is -2.28. The topological polar surface area (TPSA) is 71.3 Å². The first-order valence-electron chi connectivity index (χ1n) is 11.2. The summed E-state index contributed by atoms with van der Waals surface area (Å²) in [7, 11) is 0. The first-order valence-corrected chi connectivity index (χ1v) is 11.2. The molecule has 1 aromatic heterocycles. The number of carbonyl (C=O) groups is 1. The molecule has 3 aromatic rings. The Balaban J connectivity index is 1.30. The quantitative estimate of drug-likeness (QED) is 0.564. The highest BCUT2D eigenvalue weighted by Crippen LogP contribution is 2.24.